The molecule has 11 nitrogen and oxygen atoms in total. The van der Waals surface area contributed by atoms with Gasteiger partial charge in [0, 0.05) is 29.2 Å². The fourth-order valence-corrected chi connectivity index (χ4v) is 6.10. The fraction of sp³-hybridized carbons (Fsp3) is 0.355. The molecule has 0 bridgehead atoms. The van der Waals surface area contributed by atoms with Crippen LogP contribution in [-0.2, 0) is 26.2 Å². The molecule has 1 N–H and O–H groups in total. The molecule has 0 heterocycles. The lowest BCUT2D eigenvalue weighted by Crippen LogP contribution is -2.52. The summed E-state index contributed by atoms with van der Waals surface area (Å²) in [6.07, 6.45) is 0.674. The summed E-state index contributed by atoms with van der Waals surface area (Å²) in [5.74, 6) is -0.991. The predicted molar refractivity (Wildman–Crippen MR) is 169 cm³/mol. The van der Waals surface area contributed by atoms with E-state index in [9.17, 15) is 28.1 Å². The molecule has 3 aromatic carbocycles. The molecule has 2 amide bonds. The van der Waals surface area contributed by atoms with E-state index in [4.69, 9.17) is 16.3 Å². The number of aryl methyl sites for hydroxylation is 2. The summed E-state index contributed by atoms with van der Waals surface area (Å²) in [4.78, 5) is 39.3. The van der Waals surface area contributed by atoms with Crippen LogP contribution in [0.1, 0.15) is 43.9 Å². The zero-order chi connectivity index (χ0) is 32.8. The number of hydrogen-bond donors (Lipinski definition) is 1. The van der Waals surface area contributed by atoms with Gasteiger partial charge in [0.15, 0.2) is 0 Å². The molecular weight excluding hydrogens is 608 g/mol. The molecule has 0 saturated heterocycles. The van der Waals surface area contributed by atoms with Crippen molar-refractivity contribution >= 4 is 44.8 Å². The van der Waals surface area contributed by atoms with Gasteiger partial charge in [-0.3, -0.25) is 24.0 Å². The van der Waals surface area contributed by atoms with Gasteiger partial charge in [0.05, 0.1) is 22.6 Å². The summed E-state index contributed by atoms with van der Waals surface area (Å²) < 4.78 is 34.6. The molecule has 0 aliphatic carbocycles. The number of nitro benzene ring substituents is 1. The molecule has 0 radical (unpaired) electrons. The Hall–Kier alpha value is -4.16. The number of benzene rings is 3. The van der Waals surface area contributed by atoms with Gasteiger partial charge in [-0.25, -0.2) is 8.42 Å². The van der Waals surface area contributed by atoms with Gasteiger partial charge in [-0.05, 0) is 63.9 Å². The van der Waals surface area contributed by atoms with Crippen molar-refractivity contribution < 1.29 is 27.7 Å². The van der Waals surface area contributed by atoms with Gasteiger partial charge in [0.25, 0.3) is 15.7 Å². The second kappa shape index (κ2) is 14.5. The van der Waals surface area contributed by atoms with E-state index in [1.807, 2.05) is 45.0 Å². The highest BCUT2D eigenvalue weighted by molar-refractivity contribution is 7.92. The molecule has 2 atom stereocenters. The first kappa shape index (κ1) is 34.3. The lowest BCUT2D eigenvalue weighted by Gasteiger charge is -2.33. The maximum absolute atomic E-state index is 14.2. The van der Waals surface area contributed by atoms with Gasteiger partial charge in [-0.1, -0.05) is 54.4 Å². The van der Waals surface area contributed by atoms with Crippen LogP contribution in [0, 0.1) is 24.0 Å². The zero-order valence-corrected chi connectivity index (χ0v) is 27.1. The maximum atomic E-state index is 14.2. The zero-order valence-electron chi connectivity index (χ0n) is 25.5. The minimum absolute atomic E-state index is 0.0200. The molecule has 44 heavy (non-hydrogen) atoms. The third-order valence-electron chi connectivity index (χ3n) is 7.26. The number of hydrogen-bond acceptors (Lipinski definition) is 7. The molecule has 0 aromatic heterocycles. The van der Waals surface area contributed by atoms with E-state index in [0.717, 1.165) is 21.5 Å². The molecule has 236 valence electrons. The maximum Gasteiger partial charge on any atom is 0.273 e. The van der Waals surface area contributed by atoms with Gasteiger partial charge in [0.2, 0.25) is 11.8 Å². The number of nitrogens with zero attached hydrogens (tertiary/aromatic N) is 3. The van der Waals surface area contributed by atoms with Crippen molar-refractivity contribution in [2.24, 2.45) is 0 Å². The molecule has 0 spiro atoms. The number of nitrogens with one attached hydrogen (secondary N) is 1. The van der Waals surface area contributed by atoms with Crippen molar-refractivity contribution in [3.63, 3.8) is 0 Å². The first-order valence-electron chi connectivity index (χ1n) is 14.0. The van der Waals surface area contributed by atoms with E-state index in [1.54, 1.807) is 6.92 Å². The lowest BCUT2D eigenvalue weighted by atomic mass is 10.1. The second-order valence-corrected chi connectivity index (χ2v) is 12.8. The van der Waals surface area contributed by atoms with Crippen molar-refractivity contribution in [1.29, 1.82) is 0 Å². The van der Waals surface area contributed by atoms with Gasteiger partial charge >= 0.3 is 0 Å². The van der Waals surface area contributed by atoms with Crippen LogP contribution in [0.5, 0.6) is 5.75 Å². The molecule has 0 fully saturated rings. The molecule has 3 rings (SSSR count). The van der Waals surface area contributed by atoms with Crippen LogP contribution in [0.3, 0.4) is 0 Å². The number of anilines is 1. The fourth-order valence-electron chi connectivity index (χ4n) is 4.50. The largest absolute Gasteiger partial charge is 0.495 e. The van der Waals surface area contributed by atoms with Crippen molar-refractivity contribution in [3.8, 4) is 5.75 Å². The Morgan fingerprint density at radius 1 is 1.07 bits per heavy atom. The number of nitro groups is 1. The topological polar surface area (TPSA) is 139 Å². The Kier molecular flexibility index (Phi) is 11.3. The van der Waals surface area contributed by atoms with Crippen molar-refractivity contribution in [1.82, 2.24) is 10.2 Å². The number of carbonyl (C=O) groups excluding carboxylic acids is 2. The summed E-state index contributed by atoms with van der Waals surface area (Å²) in [6, 6.07) is 14.1. The van der Waals surface area contributed by atoms with Crippen LogP contribution in [0.4, 0.5) is 11.4 Å². The average Bonchev–Trinajstić information content (AvgIpc) is 2.97. The SMILES string of the molecule is CC[C@@H](C)NC(=O)[C@@H](C)N(Cc1cccc(C)c1)C(=O)CN(c1cc(Cl)ccc1OC)S(=O)(=O)c1ccc(C)c([N+](=O)[O-])c1. The third kappa shape index (κ3) is 8.06. The van der Waals surface area contributed by atoms with Gasteiger partial charge in [0.1, 0.15) is 18.3 Å². The van der Waals surface area contributed by atoms with Gasteiger partial charge in [-0.15, -0.1) is 0 Å². The Balaban J connectivity index is 2.16. The average molecular weight is 645 g/mol. The van der Waals surface area contributed by atoms with E-state index in [0.29, 0.717) is 6.42 Å². The molecule has 0 unspecified atom stereocenters. The van der Waals surface area contributed by atoms with Gasteiger partial charge < -0.3 is 15.0 Å². The standard InChI is InChI=1S/C31H37ClN4O7S/c1-7-22(4)33-31(38)23(5)34(18-24-10-8-9-20(2)15-24)30(37)19-35(28-16-25(32)12-14-29(28)43-6)44(41,42)26-13-11-21(3)27(17-26)36(39)40/h8-17,22-23H,7,18-19H2,1-6H3,(H,33,38)/t22-,23-/m1/s1. The van der Waals surface area contributed by atoms with E-state index in [-0.39, 0.29) is 34.6 Å². The van der Waals surface area contributed by atoms with Crippen LogP contribution >= 0.6 is 11.6 Å². The Labute approximate surface area is 263 Å². The highest BCUT2D eigenvalue weighted by Gasteiger charge is 2.35. The number of rotatable bonds is 13. The number of sulfonamides is 1. The summed E-state index contributed by atoms with van der Waals surface area (Å²) >= 11 is 6.26. The van der Waals surface area contributed by atoms with E-state index >= 15 is 0 Å². The van der Waals surface area contributed by atoms with Crippen LogP contribution in [-0.4, -0.2) is 55.8 Å². The summed E-state index contributed by atoms with van der Waals surface area (Å²) in [7, 11) is -3.28. The molecule has 0 aliphatic rings. The highest BCUT2D eigenvalue weighted by Crippen LogP contribution is 2.36. The minimum Gasteiger partial charge on any atom is -0.495 e. The van der Waals surface area contributed by atoms with Crippen LogP contribution in [0.15, 0.2) is 65.6 Å². The first-order chi connectivity index (χ1) is 20.7. The molecule has 13 heteroatoms. The van der Waals surface area contributed by atoms with Crippen LogP contribution in [0.25, 0.3) is 0 Å². The summed E-state index contributed by atoms with van der Waals surface area (Å²) in [6.45, 7) is 7.99. The predicted octanol–water partition coefficient (Wildman–Crippen LogP) is 5.40. The summed E-state index contributed by atoms with van der Waals surface area (Å²) in [5, 5.41) is 14.7. The van der Waals surface area contributed by atoms with E-state index in [2.05, 4.69) is 5.32 Å². The second-order valence-electron chi connectivity index (χ2n) is 10.5. The lowest BCUT2D eigenvalue weighted by molar-refractivity contribution is -0.385. The van der Waals surface area contributed by atoms with Crippen molar-refractivity contribution in [2.75, 3.05) is 18.0 Å². The molecule has 0 saturated carbocycles. The normalized spacial score (nSPS) is 12.6. The Morgan fingerprint density at radius 3 is 2.39 bits per heavy atom. The quantitative estimate of drug-likeness (QED) is 0.194. The molecular formula is C31H37ClN4O7S. The number of methoxy groups -OCH3 is 1. The van der Waals surface area contributed by atoms with Crippen molar-refractivity contribution in [2.45, 2.75) is 64.6 Å². The van der Waals surface area contributed by atoms with Crippen molar-refractivity contribution in [3.05, 3.63) is 92.5 Å². The first-order valence-corrected chi connectivity index (χ1v) is 15.8. The number of ether oxygens (including phenoxy) is 1. The van der Waals surface area contributed by atoms with Gasteiger partial charge in [-0.2, -0.15) is 0 Å². The van der Waals surface area contributed by atoms with E-state index < -0.39 is 49.9 Å². The number of halogens is 1. The highest BCUT2D eigenvalue weighted by atomic mass is 35.5. The monoisotopic (exact) mass is 644 g/mol. The third-order valence-corrected chi connectivity index (χ3v) is 9.25. The molecule has 0 aliphatic heterocycles. The molecule has 3 aromatic rings. The number of amides is 2. The number of carbonyl (C=O) groups is 2. The van der Waals surface area contributed by atoms with Crippen LogP contribution in [0.2, 0.25) is 5.02 Å². The summed E-state index contributed by atoms with van der Waals surface area (Å²) in [5.41, 5.74) is 1.50. The smallest absolute Gasteiger partial charge is 0.273 e. The van der Waals surface area contributed by atoms with E-state index in [1.165, 1.54) is 49.3 Å². The minimum atomic E-state index is -4.61. The van der Waals surface area contributed by atoms with Crippen LogP contribution < -0.4 is 14.4 Å². The Morgan fingerprint density at radius 2 is 1.77 bits per heavy atom. The Bertz CT molecular complexity index is 1650.